The molecule has 0 atom stereocenters. The average Bonchev–Trinajstić information content (AvgIpc) is 2.86. The monoisotopic (exact) mass is 468 g/mol. The van der Waals surface area contributed by atoms with E-state index in [4.69, 9.17) is 9.47 Å². The molecule has 0 aromatic heterocycles. The van der Waals surface area contributed by atoms with Crippen molar-refractivity contribution in [2.75, 3.05) is 0 Å². The van der Waals surface area contributed by atoms with Crippen LogP contribution in [0.25, 0.3) is 24.3 Å². The van der Waals surface area contributed by atoms with E-state index in [-0.39, 0.29) is 12.4 Å². The molecule has 3 aromatic carbocycles. The first-order chi connectivity index (χ1) is 16.8. The molecule has 0 amide bonds. The van der Waals surface area contributed by atoms with Gasteiger partial charge in [-0.15, -0.1) is 0 Å². The van der Waals surface area contributed by atoms with Crippen LogP contribution in [0.1, 0.15) is 34.7 Å². The molecule has 4 nitrogen and oxygen atoms in total. The van der Waals surface area contributed by atoms with Gasteiger partial charge in [-0.3, -0.25) is 0 Å². The Hall–Kier alpha value is -4.51. The van der Waals surface area contributed by atoms with E-state index in [0.29, 0.717) is 16.9 Å². The van der Waals surface area contributed by atoms with Gasteiger partial charge in [0.15, 0.2) is 0 Å². The minimum absolute atomic E-state index is 0.172. The number of ether oxygens (including phenoxy) is 2. The summed E-state index contributed by atoms with van der Waals surface area (Å²) in [6.45, 7) is 8.67. The van der Waals surface area contributed by atoms with Crippen LogP contribution in [0, 0.1) is 5.82 Å². The minimum atomic E-state index is -0.471. The van der Waals surface area contributed by atoms with Gasteiger partial charge in [-0.05, 0) is 47.4 Å². The van der Waals surface area contributed by atoms with Gasteiger partial charge in [0.2, 0.25) is 0 Å². The third kappa shape index (κ3) is 7.79. The summed E-state index contributed by atoms with van der Waals surface area (Å²) in [4.78, 5) is 22.7. The van der Waals surface area contributed by atoms with E-state index in [9.17, 15) is 14.0 Å². The molecule has 0 unspecified atom stereocenters. The second kappa shape index (κ2) is 12.1. The molecule has 0 aliphatic carbocycles. The van der Waals surface area contributed by atoms with Crippen LogP contribution in [0.4, 0.5) is 4.39 Å². The Morgan fingerprint density at radius 3 is 2.03 bits per heavy atom. The summed E-state index contributed by atoms with van der Waals surface area (Å²) < 4.78 is 24.8. The van der Waals surface area contributed by atoms with Crippen molar-refractivity contribution in [2.24, 2.45) is 0 Å². The molecule has 0 saturated heterocycles. The number of carbonyl (C=O) groups is 2. The zero-order valence-corrected chi connectivity index (χ0v) is 19.4. The molecule has 0 fully saturated rings. The van der Waals surface area contributed by atoms with E-state index in [1.807, 2.05) is 48.6 Å². The third-order valence-corrected chi connectivity index (χ3v) is 4.91. The molecular weight excluding hydrogens is 443 g/mol. The third-order valence-electron chi connectivity index (χ3n) is 4.91. The van der Waals surface area contributed by atoms with Gasteiger partial charge in [0, 0.05) is 17.2 Å². The molecule has 3 aromatic rings. The number of esters is 2. The highest BCUT2D eigenvalue weighted by molar-refractivity contribution is 5.88. The highest BCUT2D eigenvalue weighted by Crippen LogP contribution is 2.18. The van der Waals surface area contributed by atoms with Gasteiger partial charge in [0.05, 0.1) is 0 Å². The van der Waals surface area contributed by atoms with Crippen LogP contribution in [-0.2, 0) is 20.9 Å². The molecule has 0 aliphatic heterocycles. The van der Waals surface area contributed by atoms with Gasteiger partial charge in [0.1, 0.15) is 18.2 Å². The van der Waals surface area contributed by atoms with Gasteiger partial charge in [-0.1, -0.05) is 86.0 Å². The van der Waals surface area contributed by atoms with Crippen molar-refractivity contribution in [2.45, 2.75) is 13.5 Å². The summed E-state index contributed by atoms with van der Waals surface area (Å²) >= 11 is 0. The lowest BCUT2D eigenvalue weighted by Gasteiger charge is -2.04. The first-order valence-corrected chi connectivity index (χ1v) is 10.9. The molecule has 0 spiro atoms. The van der Waals surface area contributed by atoms with Crippen molar-refractivity contribution >= 4 is 36.2 Å². The molecule has 0 aliphatic rings. The van der Waals surface area contributed by atoms with Crippen LogP contribution < -0.4 is 4.74 Å². The number of rotatable bonds is 9. The number of hydrogen-bond acceptors (Lipinski definition) is 4. The SMILES string of the molecule is C=CC(=O)OCc1ccc(C=Cc2ccc(C=Cc3ccc(OC(=O)C(=C)C)cc3)cc2F)cc1. The normalized spacial score (nSPS) is 10.9. The second-order valence-electron chi connectivity index (χ2n) is 7.74. The van der Waals surface area contributed by atoms with E-state index in [0.717, 1.165) is 28.3 Å². The van der Waals surface area contributed by atoms with Crippen molar-refractivity contribution in [3.8, 4) is 5.75 Å². The predicted molar refractivity (Wildman–Crippen MR) is 138 cm³/mol. The van der Waals surface area contributed by atoms with E-state index in [1.165, 1.54) is 6.07 Å². The Morgan fingerprint density at radius 1 is 0.857 bits per heavy atom. The molecule has 35 heavy (non-hydrogen) atoms. The molecule has 5 heteroatoms. The Labute approximate surface area is 204 Å². The molecular formula is C30H25FO4. The zero-order chi connectivity index (χ0) is 25.2. The van der Waals surface area contributed by atoms with Crippen molar-refractivity contribution < 1.29 is 23.5 Å². The van der Waals surface area contributed by atoms with E-state index in [1.54, 1.807) is 43.3 Å². The van der Waals surface area contributed by atoms with Crippen LogP contribution >= 0.6 is 0 Å². The molecule has 0 radical (unpaired) electrons. The van der Waals surface area contributed by atoms with Crippen LogP contribution in [-0.4, -0.2) is 11.9 Å². The first-order valence-electron chi connectivity index (χ1n) is 10.9. The van der Waals surface area contributed by atoms with Crippen LogP contribution in [0.5, 0.6) is 5.75 Å². The largest absolute Gasteiger partial charge is 0.458 e. The maximum Gasteiger partial charge on any atom is 0.338 e. The molecule has 0 saturated carbocycles. The van der Waals surface area contributed by atoms with Gasteiger partial charge in [-0.25, -0.2) is 14.0 Å². The molecule has 176 valence electrons. The molecule has 3 rings (SSSR count). The molecule has 0 bridgehead atoms. The summed E-state index contributed by atoms with van der Waals surface area (Å²) in [5.41, 5.74) is 4.14. The Bertz CT molecular complexity index is 1280. The van der Waals surface area contributed by atoms with E-state index >= 15 is 0 Å². The summed E-state index contributed by atoms with van der Waals surface area (Å²) in [7, 11) is 0. The first kappa shape index (κ1) is 25.1. The standard InChI is InChI=1S/C30H25FO4/c1-4-29(32)34-20-25-9-6-22(7-10-25)11-15-26-16-12-24(19-28(26)31)8-5-23-13-17-27(18-14-23)35-30(33)21(2)3/h4-19H,1-2,20H2,3H3. The lowest BCUT2D eigenvalue weighted by molar-refractivity contribution is -0.139. The summed E-state index contributed by atoms with van der Waals surface area (Å²) in [6.07, 6.45) is 8.30. The van der Waals surface area contributed by atoms with E-state index < -0.39 is 11.9 Å². The van der Waals surface area contributed by atoms with Crippen molar-refractivity contribution in [3.63, 3.8) is 0 Å². The Morgan fingerprint density at radius 2 is 1.43 bits per heavy atom. The van der Waals surface area contributed by atoms with Crippen LogP contribution in [0.3, 0.4) is 0 Å². The van der Waals surface area contributed by atoms with E-state index in [2.05, 4.69) is 13.2 Å². The van der Waals surface area contributed by atoms with Crippen LogP contribution in [0.15, 0.2) is 91.5 Å². The fourth-order valence-electron chi connectivity index (χ4n) is 2.94. The lowest BCUT2D eigenvalue weighted by atomic mass is 10.1. The minimum Gasteiger partial charge on any atom is -0.458 e. The van der Waals surface area contributed by atoms with Crippen molar-refractivity contribution in [3.05, 3.63) is 125 Å². The maximum atomic E-state index is 14.6. The summed E-state index contributed by atoms with van der Waals surface area (Å²) in [6, 6.07) is 19.4. The summed E-state index contributed by atoms with van der Waals surface area (Å²) in [5, 5.41) is 0. The second-order valence-corrected chi connectivity index (χ2v) is 7.74. The van der Waals surface area contributed by atoms with Crippen LogP contribution in [0.2, 0.25) is 0 Å². The topological polar surface area (TPSA) is 52.6 Å². The molecule has 0 N–H and O–H groups in total. The zero-order valence-electron chi connectivity index (χ0n) is 19.4. The summed E-state index contributed by atoms with van der Waals surface area (Å²) in [5.74, 6) is -0.842. The van der Waals surface area contributed by atoms with Crippen molar-refractivity contribution in [1.82, 2.24) is 0 Å². The van der Waals surface area contributed by atoms with Gasteiger partial charge in [-0.2, -0.15) is 0 Å². The Balaban J connectivity index is 1.60. The molecule has 0 heterocycles. The fourth-order valence-corrected chi connectivity index (χ4v) is 2.94. The smallest absolute Gasteiger partial charge is 0.338 e. The lowest BCUT2D eigenvalue weighted by Crippen LogP contribution is -2.07. The quantitative estimate of drug-likeness (QED) is 0.149. The van der Waals surface area contributed by atoms with Gasteiger partial charge in [0.25, 0.3) is 0 Å². The van der Waals surface area contributed by atoms with Gasteiger partial charge >= 0.3 is 11.9 Å². The average molecular weight is 469 g/mol. The van der Waals surface area contributed by atoms with Crippen molar-refractivity contribution in [1.29, 1.82) is 0 Å². The number of carbonyl (C=O) groups excluding carboxylic acids is 2. The maximum absolute atomic E-state index is 14.6. The predicted octanol–water partition coefficient (Wildman–Crippen LogP) is 6.88. The Kier molecular flexibility index (Phi) is 8.68. The number of halogens is 1. The highest BCUT2D eigenvalue weighted by Gasteiger charge is 2.05. The fraction of sp³-hybridized carbons (Fsp3) is 0.0667. The number of benzene rings is 3. The highest BCUT2D eigenvalue weighted by atomic mass is 19.1. The van der Waals surface area contributed by atoms with Gasteiger partial charge < -0.3 is 9.47 Å². The number of hydrogen-bond donors (Lipinski definition) is 0.